The van der Waals surface area contributed by atoms with Gasteiger partial charge in [0, 0.05) is 12.5 Å². The summed E-state index contributed by atoms with van der Waals surface area (Å²) in [6.07, 6.45) is 0. The van der Waals surface area contributed by atoms with E-state index in [-0.39, 0.29) is 5.91 Å². The minimum absolute atomic E-state index is 0.271. The van der Waals surface area contributed by atoms with Crippen molar-refractivity contribution in [3.8, 4) is 5.75 Å². The molecule has 0 saturated heterocycles. The van der Waals surface area contributed by atoms with E-state index in [1.165, 1.54) is 6.92 Å². The molecule has 0 fully saturated rings. The minimum Gasteiger partial charge on any atom is -0.496 e. The van der Waals surface area contributed by atoms with Crippen molar-refractivity contribution in [3.63, 3.8) is 0 Å². The molecule has 0 radical (unpaired) electrons. The van der Waals surface area contributed by atoms with Crippen LogP contribution in [0.3, 0.4) is 0 Å². The van der Waals surface area contributed by atoms with Gasteiger partial charge < -0.3 is 4.74 Å². The molecular formula is C23H23NO3. The second-order valence-corrected chi connectivity index (χ2v) is 6.31. The first-order valence-corrected chi connectivity index (χ1v) is 8.79. The highest BCUT2D eigenvalue weighted by Crippen LogP contribution is 2.42. The van der Waals surface area contributed by atoms with Gasteiger partial charge >= 0.3 is 0 Å². The van der Waals surface area contributed by atoms with Crippen molar-refractivity contribution < 1.29 is 14.4 Å². The minimum atomic E-state index is -1.02. The van der Waals surface area contributed by atoms with Gasteiger partial charge in [-0.2, -0.15) is 0 Å². The SMILES string of the molecule is COc1cccc(C(ONC(C)=O)(c2ccccc2)c2ccccc2)c1C. The molecule has 0 aliphatic rings. The van der Waals surface area contributed by atoms with Crippen molar-refractivity contribution in [2.45, 2.75) is 19.4 Å². The van der Waals surface area contributed by atoms with Gasteiger partial charge in [-0.05, 0) is 29.7 Å². The number of methoxy groups -OCH3 is 1. The smallest absolute Gasteiger partial charge is 0.240 e. The number of hydroxylamine groups is 1. The number of hydrogen-bond donors (Lipinski definition) is 1. The molecule has 0 heterocycles. The van der Waals surface area contributed by atoms with Gasteiger partial charge in [0.1, 0.15) is 5.75 Å². The van der Waals surface area contributed by atoms with E-state index >= 15 is 0 Å². The molecule has 0 saturated carbocycles. The lowest BCUT2D eigenvalue weighted by Crippen LogP contribution is -2.40. The Morgan fingerprint density at radius 2 is 1.41 bits per heavy atom. The molecule has 3 aromatic rings. The van der Waals surface area contributed by atoms with Crippen LogP contribution in [0.2, 0.25) is 0 Å². The Morgan fingerprint density at radius 3 is 1.89 bits per heavy atom. The molecule has 0 unspecified atom stereocenters. The predicted octanol–water partition coefficient (Wildman–Crippen LogP) is 4.36. The van der Waals surface area contributed by atoms with Crippen LogP contribution >= 0.6 is 0 Å². The topological polar surface area (TPSA) is 47.6 Å². The molecule has 0 aromatic heterocycles. The molecule has 4 heteroatoms. The van der Waals surface area contributed by atoms with E-state index in [1.807, 2.05) is 85.8 Å². The summed E-state index contributed by atoms with van der Waals surface area (Å²) in [5, 5.41) is 0. The van der Waals surface area contributed by atoms with Gasteiger partial charge in [0.25, 0.3) is 0 Å². The maximum Gasteiger partial charge on any atom is 0.240 e. The van der Waals surface area contributed by atoms with E-state index in [0.29, 0.717) is 0 Å². The molecular weight excluding hydrogens is 338 g/mol. The summed E-state index contributed by atoms with van der Waals surface area (Å²) in [4.78, 5) is 17.9. The molecule has 0 aliphatic heterocycles. The fourth-order valence-electron chi connectivity index (χ4n) is 3.36. The Morgan fingerprint density at radius 1 is 0.852 bits per heavy atom. The van der Waals surface area contributed by atoms with Crippen LogP contribution in [0.5, 0.6) is 5.75 Å². The van der Waals surface area contributed by atoms with E-state index in [1.54, 1.807) is 7.11 Å². The van der Waals surface area contributed by atoms with Gasteiger partial charge in [0.05, 0.1) is 7.11 Å². The number of hydrogen-bond acceptors (Lipinski definition) is 3. The zero-order chi connectivity index (χ0) is 19.3. The molecule has 4 nitrogen and oxygen atoms in total. The van der Waals surface area contributed by atoms with Gasteiger partial charge in [-0.1, -0.05) is 72.8 Å². The van der Waals surface area contributed by atoms with Gasteiger partial charge in [-0.15, -0.1) is 0 Å². The first-order chi connectivity index (χ1) is 13.1. The lowest BCUT2D eigenvalue weighted by Gasteiger charge is -2.36. The number of carbonyl (C=O) groups is 1. The van der Waals surface area contributed by atoms with Crippen molar-refractivity contribution >= 4 is 5.91 Å². The summed E-state index contributed by atoms with van der Waals surface area (Å²) in [6, 6.07) is 25.6. The Balaban J connectivity index is 2.35. The summed E-state index contributed by atoms with van der Waals surface area (Å²) < 4.78 is 5.54. The normalized spacial score (nSPS) is 11.1. The van der Waals surface area contributed by atoms with Gasteiger partial charge in [0.2, 0.25) is 5.91 Å². The fourth-order valence-corrected chi connectivity index (χ4v) is 3.36. The number of rotatable bonds is 6. The first-order valence-electron chi connectivity index (χ1n) is 8.79. The van der Waals surface area contributed by atoms with Crippen molar-refractivity contribution in [2.24, 2.45) is 0 Å². The van der Waals surface area contributed by atoms with Crippen LogP contribution in [0.1, 0.15) is 29.2 Å². The highest BCUT2D eigenvalue weighted by molar-refractivity contribution is 5.71. The molecule has 1 N–H and O–H groups in total. The first kappa shape index (κ1) is 18.7. The number of carbonyl (C=O) groups excluding carboxylic acids is 1. The molecule has 0 bridgehead atoms. The molecule has 27 heavy (non-hydrogen) atoms. The highest BCUT2D eigenvalue weighted by Gasteiger charge is 2.40. The average Bonchev–Trinajstić information content (AvgIpc) is 2.71. The van der Waals surface area contributed by atoms with Crippen LogP contribution in [0.25, 0.3) is 0 Å². The van der Waals surface area contributed by atoms with E-state index in [9.17, 15) is 4.79 Å². The second-order valence-electron chi connectivity index (χ2n) is 6.31. The van der Waals surface area contributed by atoms with E-state index in [0.717, 1.165) is 28.0 Å². The van der Waals surface area contributed by atoms with Crippen molar-refractivity contribution in [3.05, 3.63) is 101 Å². The maximum absolute atomic E-state index is 11.7. The average molecular weight is 361 g/mol. The van der Waals surface area contributed by atoms with Crippen LogP contribution in [0.4, 0.5) is 0 Å². The zero-order valence-electron chi connectivity index (χ0n) is 15.7. The Kier molecular flexibility index (Phi) is 5.57. The van der Waals surface area contributed by atoms with Crippen LogP contribution in [0.15, 0.2) is 78.9 Å². The highest BCUT2D eigenvalue weighted by atomic mass is 16.7. The van der Waals surface area contributed by atoms with Gasteiger partial charge in [-0.3, -0.25) is 9.63 Å². The summed E-state index contributed by atoms with van der Waals surface area (Å²) in [6.45, 7) is 3.42. The summed E-state index contributed by atoms with van der Waals surface area (Å²) in [5.41, 5.74) is 5.19. The van der Waals surface area contributed by atoms with Crippen molar-refractivity contribution in [1.82, 2.24) is 5.48 Å². The van der Waals surface area contributed by atoms with Crippen LogP contribution in [-0.2, 0) is 15.2 Å². The van der Waals surface area contributed by atoms with E-state index in [4.69, 9.17) is 9.57 Å². The Labute approximate surface area is 159 Å². The molecule has 1 amide bonds. The number of amides is 1. The van der Waals surface area contributed by atoms with E-state index < -0.39 is 5.60 Å². The van der Waals surface area contributed by atoms with Gasteiger partial charge in [0.15, 0.2) is 5.60 Å². The Hall–Kier alpha value is -3.11. The second kappa shape index (κ2) is 8.06. The number of nitrogens with one attached hydrogen (secondary N) is 1. The summed E-state index contributed by atoms with van der Waals surface area (Å²) in [5.74, 6) is 0.488. The van der Waals surface area contributed by atoms with Gasteiger partial charge in [-0.25, -0.2) is 5.48 Å². The molecule has 0 aliphatic carbocycles. The molecule has 138 valence electrons. The summed E-state index contributed by atoms with van der Waals surface area (Å²) >= 11 is 0. The fraction of sp³-hybridized carbons (Fsp3) is 0.174. The van der Waals surface area contributed by atoms with Crippen LogP contribution in [0, 0.1) is 6.92 Å². The predicted molar refractivity (Wildman–Crippen MR) is 105 cm³/mol. The monoisotopic (exact) mass is 361 g/mol. The lowest BCUT2D eigenvalue weighted by atomic mass is 9.78. The standard InChI is InChI=1S/C23H23NO3/c1-17-21(15-10-16-22(17)26-3)23(27-24-18(2)25,19-11-6-4-7-12-19)20-13-8-5-9-14-20/h4-16H,1-3H3,(H,24,25). The number of benzene rings is 3. The van der Waals surface area contributed by atoms with Crippen molar-refractivity contribution in [1.29, 1.82) is 0 Å². The lowest BCUT2D eigenvalue weighted by molar-refractivity contribution is -0.141. The molecule has 3 aromatic carbocycles. The third-order valence-electron chi connectivity index (χ3n) is 4.59. The molecule has 0 atom stereocenters. The Bertz CT molecular complexity index is 868. The van der Waals surface area contributed by atoms with Crippen molar-refractivity contribution in [2.75, 3.05) is 7.11 Å². The number of ether oxygens (including phenoxy) is 1. The maximum atomic E-state index is 11.7. The van der Waals surface area contributed by atoms with Crippen LogP contribution in [-0.4, -0.2) is 13.0 Å². The molecule has 3 rings (SSSR count). The van der Waals surface area contributed by atoms with E-state index in [2.05, 4.69) is 5.48 Å². The third-order valence-corrected chi connectivity index (χ3v) is 4.59. The summed E-state index contributed by atoms with van der Waals surface area (Å²) in [7, 11) is 1.65. The van der Waals surface area contributed by atoms with Crippen LogP contribution < -0.4 is 10.2 Å². The third kappa shape index (κ3) is 3.57. The zero-order valence-corrected chi connectivity index (χ0v) is 15.7. The molecule has 0 spiro atoms. The largest absolute Gasteiger partial charge is 0.496 e. The quantitative estimate of drug-likeness (QED) is 0.524.